The first kappa shape index (κ1) is 18.6. The van der Waals surface area contributed by atoms with Crippen LogP contribution >= 0.6 is 0 Å². The van der Waals surface area contributed by atoms with Crippen LogP contribution in [0.2, 0.25) is 0 Å². The van der Waals surface area contributed by atoms with Crippen molar-refractivity contribution in [3.05, 3.63) is 102 Å². The summed E-state index contributed by atoms with van der Waals surface area (Å²) in [5, 5.41) is 0. The summed E-state index contributed by atoms with van der Waals surface area (Å²) in [4.78, 5) is 30.0. The number of amides is 2. The average Bonchev–Trinajstić information content (AvgIpc) is 3.34. The molecule has 2 heterocycles. The second kappa shape index (κ2) is 7.41. The predicted octanol–water partition coefficient (Wildman–Crippen LogP) is 3.97. The number of piperazine rings is 1. The average molecular weight is 400 g/mol. The van der Waals surface area contributed by atoms with E-state index >= 15 is 0 Å². The van der Waals surface area contributed by atoms with Crippen molar-refractivity contribution in [2.75, 3.05) is 11.4 Å². The molecule has 30 heavy (non-hydrogen) atoms. The van der Waals surface area contributed by atoms with E-state index in [1.807, 2.05) is 60.7 Å². The third-order valence-electron chi connectivity index (χ3n) is 6.07. The molecule has 0 radical (unpaired) electrons. The zero-order chi connectivity index (χ0) is 20.7. The van der Waals surface area contributed by atoms with Gasteiger partial charge in [0.1, 0.15) is 11.9 Å². The van der Waals surface area contributed by atoms with Crippen LogP contribution in [0, 0.1) is 5.82 Å². The number of benzene rings is 3. The van der Waals surface area contributed by atoms with Crippen molar-refractivity contribution in [2.45, 2.75) is 24.4 Å². The van der Waals surface area contributed by atoms with Crippen LogP contribution in [0.3, 0.4) is 0 Å². The minimum atomic E-state index is -0.544. The number of carbonyl (C=O) groups excluding carboxylic acids is 2. The Morgan fingerprint density at radius 2 is 1.43 bits per heavy atom. The van der Waals surface area contributed by atoms with E-state index in [2.05, 4.69) is 0 Å². The molecular weight excluding hydrogens is 379 g/mol. The van der Waals surface area contributed by atoms with Crippen molar-refractivity contribution in [3.8, 4) is 0 Å². The van der Waals surface area contributed by atoms with Crippen molar-refractivity contribution >= 4 is 17.5 Å². The van der Waals surface area contributed by atoms with Crippen LogP contribution in [0.15, 0.2) is 84.9 Å². The lowest BCUT2D eigenvalue weighted by Crippen LogP contribution is -2.53. The lowest BCUT2D eigenvalue weighted by molar-refractivity contribution is -0.138. The Morgan fingerprint density at radius 3 is 2.00 bits per heavy atom. The van der Waals surface area contributed by atoms with Crippen LogP contribution in [-0.2, 0) is 9.59 Å². The van der Waals surface area contributed by atoms with Gasteiger partial charge in [0, 0.05) is 6.54 Å². The second-order valence-electron chi connectivity index (χ2n) is 7.81. The fraction of sp³-hybridized carbons (Fsp3) is 0.200. The van der Waals surface area contributed by atoms with Gasteiger partial charge in [0.25, 0.3) is 0 Å². The van der Waals surface area contributed by atoms with Gasteiger partial charge in [0.05, 0.1) is 17.6 Å². The zero-order valence-corrected chi connectivity index (χ0v) is 16.3. The van der Waals surface area contributed by atoms with E-state index in [4.69, 9.17) is 0 Å². The van der Waals surface area contributed by atoms with Crippen LogP contribution < -0.4 is 4.90 Å². The molecule has 3 aromatic carbocycles. The van der Waals surface area contributed by atoms with Gasteiger partial charge in [-0.2, -0.15) is 0 Å². The molecule has 0 aromatic heterocycles. The third-order valence-corrected chi connectivity index (χ3v) is 6.07. The molecular formula is C25H21FN2O2. The van der Waals surface area contributed by atoms with Crippen molar-refractivity contribution in [2.24, 2.45) is 0 Å². The predicted molar refractivity (Wildman–Crippen MR) is 113 cm³/mol. The lowest BCUT2D eigenvalue weighted by Gasteiger charge is -2.36. The minimum Gasteiger partial charge on any atom is -0.328 e. The van der Waals surface area contributed by atoms with Crippen LogP contribution in [-0.4, -0.2) is 35.3 Å². The Morgan fingerprint density at radius 1 is 0.867 bits per heavy atom. The number of para-hydroxylation sites is 1. The highest BCUT2D eigenvalue weighted by atomic mass is 19.1. The van der Waals surface area contributed by atoms with Gasteiger partial charge in [-0.15, -0.1) is 0 Å². The first-order chi connectivity index (χ1) is 14.6. The fourth-order valence-corrected chi connectivity index (χ4v) is 4.72. The van der Waals surface area contributed by atoms with Crippen molar-refractivity contribution in [3.63, 3.8) is 0 Å². The van der Waals surface area contributed by atoms with Gasteiger partial charge in [-0.3, -0.25) is 9.59 Å². The third kappa shape index (κ3) is 2.98. The lowest BCUT2D eigenvalue weighted by atomic mass is 9.89. The first-order valence-corrected chi connectivity index (χ1v) is 10.1. The van der Waals surface area contributed by atoms with E-state index in [0.29, 0.717) is 18.7 Å². The number of fused-ring (bicyclic) bond motifs is 2. The summed E-state index contributed by atoms with van der Waals surface area (Å²) in [7, 11) is 0. The number of rotatable bonds is 4. The topological polar surface area (TPSA) is 40.6 Å². The molecule has 0 aliphatic carbocycles. The highest BCUT2D eigenvalue weighted by Crippen LogP contribution is 2.39. The van der Waals surface area contributed by atoms with E-state index in [9.17, 15) is 14.0 Å². The molecule has 0 saturated carbocycles. The second-order valence-corrected chi connectivity index (χ2v) is 7.81. The number of carbonyl (C=O) groups is 2. The van der Waals surface area contributed by atoms with Crippen LogP contribution in [0.1, 0.15) is 23.5 Å². The van der Waals surface area contributed by atoms with Gasteiger partial charge in [-0.1, -0.05) is 72.8 Å². The molecule has 2 aliphatic heterocycles. The van der Waals surface area contributed by atoms with Gasteiger partial charge in [-0.05, 0) is 29.7 Å². The summed E-state index contributed by atoms with van der Waals surface area (Å²) in [6.07, 6.45) is 0.537. The SMILES string of the molecule is O=C(C(c1ccccc1)c1ccccc1)N1C[C@@H]2C[C@H]1C(=O)N2c1ccccc1F. The summed E-state index contributed by atoms with van der Waals surface area (Å²) in [5.41, 5.74) is 2.09. The Kier molecular flexibility index (Phi) is 4.58. The van der Waals surface area contributed by atoms with Crippen LogP contribution in [0.5, 0.6) is 0 Å². The van der Waals surface area contributed by atoms with E-state index in [1.54, 1.807) is 23.1 Å². The molecule has 0 N–H and O–H groups in total. The largest absolute Gasteiger partial charge is 0.328 e. The molecule has 2 saturated heterocycles. The van der Waals surface area contributed by atoms with E-state index in [0.717, 1.165) is 11.1 Å². The van der Waals surface area contributed by atoms with Gasteiger partial charge < -0.3 is 9.80 Å². The van der Waals surface area contributed by atoms with Gasteiger partial charge >= 0.3 is 0 Å². The quantitative estimate of drug-likeness (QED) is 0.665. The highest BCUT2D eigenvalue weighted by Gasteiger charge is 2.53. The Hall–Kier alpha value is -3.47. The molecule has 2 atom stereocenters. The van der Waals surface area contributed by atoms with E-state index < -0.39 is 17.8 Å². The molecule has 2 aliphatic rings. The van der Waals surface area contributed by atoms with Gasteiger partial charge in [0.2, 0.25) is 11.8 Å². The minimum absolute atomic E-state index is 0.0820. The van der Waals surface area contributed by atoms with E-state index in [1.165, 1.54) is 11.0 Å². The van der Waals surface area contributed by atoms with Crippen molar-refractivity contribution in [1.29, 1.82) is 0 Å². The summed E-state index contributed by atoms with van der Waals surface area (Å²) in [5.74, 6) is -1.17. The molecule has 5 heteroatoms. The highest BCUT2D eigenvalue weighted by molar-refractivity contribution is 6.04. The molecule has 0 spiro atoms. The monoisotopic (exact) mass is 400 g/mol. The Labute approximate surface area is 174 Å². The molecule has 2 amide bonds. The van der Waals surface area contributed by atoms with Crippen molar-refractivity contribution < 1.29 is 14.0 Å². The van der Waals surface area contributed by atoms with E-state index in [-0.39, 0.29) is 17.9 Å². The standard InChI is InChI=1S/C25H21FN2O2/c26-20-13-7-8-14-21(20)28-19-15-22(24(28)29)27(16-19)25(30)23(17-9-3-1-4-10-17)18-11-5-2-6-12-18/h1-14,19,22-23H,15-16H2/t19-,22-/m0/s1. The maximum absolute atomic E-state index is 14.3. The summed E-state index contributed by atoms with van der Waals surface area (Å²) >= 11 is 0. The number of hydrogen-bond donors (Lipinski definition) is 0. The summed E-state index contributed by atoms with van der Waals surface area (Å²) in [6, 6.07) is 24.8. The normalized spacial score (nSPS) is 20.3. The summed E-state index contributed by atoms with van der Waals surface area (Å²) < 4.78 is 14.3. The first-order valence-electron chi connectivity index (χ1n) is 10.1. The Bertz CT molecular complexity index is 1050. The van der Waals surface area contributed by atoms with Crippen LogP contribution in [0.25, 0.3) is 0 Å². The summed E-state index contributed by atoms with van der Waals surface area (Å²) in [6.45, 7) is 0.416. The van der Waals surface area contributed by atoms with Crippen molar-refractivity contribution in [1.82, 2.24) is 4.90 Å². The molecule has 150 valence electrons. The molecule has 2 bridgehead atoms. The van der Waals surface area contributed by atoms with Gasteiger partial charge in [0.15, 0.2) is 0 Å². The smallest absolute Gasteiger partial charge is 0.250 e. The number of likely N-dealkylation sites (tertiary alicyclic amines) is 1. The zero-order valence-electron chi connectivity index (χ0n) is 16.3. The molecule has 2 fully saturated rings. The number of halogens is 1. The van der Waals surface area contributed by atoms with Gasteiger partial charge in [-0.25, -0.2) is 4.39 Å². The number of anilines is 1. The fourth-order valence-electron chi connectivity index (χ4n) is 4.72. The number of nitrogens with zero attached hydrogens (tertiary/aromatic N) is 2. The molecule has 4 nitrogen and oxygen atoms in total. The maximum atomic E-state index is 14.3. The van der Waals surface area contributed by atoms with Crippen LogP contribution in [0.4, 0.5) is 10.1 Å². The molecule has 5 rings (SSSR count). The molecule has 0 unspecified atom stereocenters. The molecule has 3 aromatic rings. The Balaban J connectivity index is 1.46. The maximum Gasteiger partial charge on any atom is 0.250 e. The number of hydrogen-bond acceptors (Lipinski definition) is 2.